The molecular formula is C14H15Br2NO. The van der Waals surface area contributed by atoms with Crippen LogP contribution in [0.15, 0.2) is 50.0 Å². The standard InChI is InChI=1S/C14H15Br2NO/c1-2-17-12(13-6-7-14(16)18-13)9-10-4-3-5-11(15)8-10/h3-8,12,17H,2,9H2,1H3. The fourth-order valence-electron chi connectivity index (χ4n) is 1.93. The van der Waals surface area contributed by atoms with Crippen molar-refractivity contribution in [2.24, 2.45) is 0 Å². The van der Waals surface area contributed by atoms with Gasteiger partial charge in [0.1, 0.15) is 5.76 Å². The van der Waals surface area contributed by atoms with Crippen LogP contribution in [0.1, 0.15) is 24.3 Å². The lowest BCUT2D eigenvalue weighted by Crippen LogP contribution is -2.22. The lowest BCUT2D eigenvalue weighted by atomic mass is 10.0. The molecule has 0 radical (unpaired) electrons. The maximum Gasteiger partial charge on any atom is 0.169 e. The van der Waals surface area contributed by atoms with Crippen molar-refractivity contribution in [1.82, 2.24) is 5.32 Å². The minimum atomic E-state index is 0.204. The van der Waals surface area contributed by atoms with Crippen LogP contribution in [0.25, 0.3) is 0 Å². The summed E-state index contributed by atoms with van der Waals surface area (Å²) in [6.45, 7) is 3.02. The van der Waals surface area contributed by atoms with E-state index in [1.54, 1.807) is 0 Å². The highest BCUT2D eigenvalue weighted by atomic mass is 79.9. The van der Waals surface area contributed by atoms with Crippen LogP contribution in [0.2, 0.25) is 0 Å². The number of furan rings is 1. The average molecular weight is 373 g/mol. The van der Waals surface area contributed by atoms with Gasteiger partial charge in [0.2, 0.25) is 0 Å². The minimum Gasteiger partial charge on any atom is -0.453 e. The van der Waals surface area contributed by atoms with Crippen LogP contribution in [0.4, 0.5) is 0 Å². The first-order valence-electron chi connectivity index (χ1n) is 5.92. The third-order valence-corrected chi connectivity index (χ3v) is 3.64. The van der Waals surface area contributed by atoms with Gasteiger partial charge in [0.25, 0.3) is 0 Å². The average Bonchev–Trinajstić information content (AvgIpc) is 2.75. The zero-order valence-electron chi connectivity index (χ0n) is 10.1. The highest BCUT2D eigenvalue weighted by Crippen LogP contribution is 2.24. The van der Waals surface area contributed by atoms with Crippen LogP contribution in [-0.2, 0) is 6.42 Å². The smallest absolute Gasteiger partial charge is 0.169 e. The second-order valence-corrected chi connectivity index (χ2v) is 5.78. The Kier molecular flexibility index (Phi) is 5.03. The maximum absolute atomic E-state index is 5.64. The van der Waals surface area contributed by atoms with Gasteiger partial charge in [0.05, 0.1) is 6.04 Å². The summed E-state index contributed by atoms with van der Waals surface area (Å²) in [5.41, 5.74) is 1.28. The van der Waals surface area contributed by atoms with Crippen molar-refractivity contribution in [3.63, 3.8) is 0 Å². The van der Waals surface area contributed by atoms with Crippen LogP contribution in [0.3, 0.4) is 0 Å². The Hall–Kier alpha value is -0.580. The second-order valence-electron chi connectivity index (χ2n) is 4.09. The molecule has 1 unspecified atom stereocenters. The fourth-order valence-corrected chi connectivity index (χ4v) is 2.70. The molecule has 2 aromatic rings. The summed E-state index contributed by atoms with van der Waals surface area (Å²) < 4.78 is 7.52. The quantitative estimate of drug-likeness (QED) is 0.822. The molecule has 2 nitrogen and oxygen atoms in total. The zero-order valence-corrected chi connectivity index (χ0v) is 13.3. The Balaban J connectivity index is 2.16. The molecule has 0 aliphatic heterocycles. The predicted molar refractivity (Wildman–Crippen MR) is 80.7 cm³/mol. The molecule has 1 N–H and O–H groups in total. The van der Waals surface area contributed by atoms with Crippen molar-refractivity contribution in [2.45, 2.75) is 19.4 Å². The van der Waals surface area contributed by atoms with E-state index in [0.29, 0.717) is 0 Å². The number of rotatable bonds is 5. The number of likely N-dealkylation sites (N-methyl/N-ethyl adjacent to an activating group) is 1. The van der Waals surface area contributed by atoms with Gasteiger partial charge in [-0.25, -0.2) is 0 Å². The third-order valence-electron chi connectivity index (χ3n) is 2.72. The summed E-state index contributed by atoms with van der Waals surface area (Å²) in [5, 5.41) is 3.45. The normalized spacial score (nSPS) is 12.6. The molecule has 1 heterocycles. The summed E-state index contributed by atoms with van der Waals surface area (Å²) in [6, 6.07) is 12.5. The third kappa shape index (κ3) is 3.70. The summed E-state index contributed by atoms with van der Waals surface area (Å²) in [6.07, 6.45) is 0.910. The molecule has 0 saturated carbocycles. The van der Waals surface area contributed by atoms with Crippen LogP contribution >= 0.6 is 31.9 Å². The van der Waals surface area contributed by atoms with E-state index in [-0.39, 0.29) is 6.04 Å². The predicted octanol–water partition coefficient (Wildman–Crippen LogP) is 4.70. The molecule has 1 aromatic carbocycles. The lowest BCUT2D eigenvalue weighted by Gasteiger charge is -2.15. The molecule has 0 amide bonds. The van der Waals surface area contributed by atoms with E-state index in [1.165, 1.54) is 5.56 Å². The van der Waals surface area contributed by atoms with E-state index in [0.717, 1.165) is 27.9 Å². The van der Waals surface area contributed by atoms with Crippen LogP contribution < -0.4 is 5.32 Å². The molecule has 0 spiro atoms. The molecule has 0 fully saturated rings. The van der Waals surface area contributed by atoms with Crippen LogP contribution in [0, 0.1) is 0 Å². The first-order chi connectivity index (χ1) is 8.69. The van der Waals surface area contributed by atoms with Crippen LogP contribution in [-0.4, -0.2) is 6.54 Å². The zero-order chi connectivity index (χ0) is 13.0. The summed E-state index contributed by atoms with van der Waals surface area (Å²) >= 11 is 6.85. The molecule has 0 bridgehead atoms. The number of hydrogen-bond donors (Lipinski definition) is 1. The molecule has 1 aromatic heterocycles. The topological polar surface area (TPSA) is 25.2 Å². The van der Waals surface area contributed by atoms with Crippen molar-refractivity contribution in [3.8, 4) is 0 Å². The monoisotopic (exact) mass is 371 g/mol. The Morgan fingerprint density at radius 2 is 2.06 bits per heavy atom. The second kappa shape index (κ2) is 6.55. The number of benzene rings is 1. The van der Waals surface area contributed by atoms with Gasteiger partial charge in [-0.2, -0.15) is 0 Å². The summed E-state index contributed by atoms with van der Waals surface area (Å²) in [4.78, 5) is 0. The van der Waals surface area contributed by atoms with Gasteiger partial charge >= 0.3 is 0 Å². The van der Waals surface area contributed by atoms with Crippen molar-refractivity contribution in [2.75, 3.05) is 6.54 Å². The highest BCUT2D eigenvalue weighted by molar-refractivity contribution is 9.10. The first kappa shape index (κ1) is 13.8. The lowest BCUT2D eigenvalue weighted by molar-refractivity contribution is 0.405. The number of halogens is 2. The van der Waals surface area contributed by atoms with Crippen LogP contribution in [0.5, 0.6) is 0 Å². The Labute approximate surface area is 124 Å². The van der Waals surface area contributed by atoms with E-state index in [9.17, 15) is 0 Å². The van der Waals surface area contributed by atoms with E-state index in [4.69, 9.17) is 4.42 Å². The molecular weight excluding hydrogens is 358 g/mol. The fraction of sp³-hybridized carbons (Fsp3) is 0.286. The molecule has 4 heteroatoms. The Morgan fingerprint density at radius 3 is 2.67 bits per heavy atom. The molecule has 2 rings (SSSR count). The van der Waals surface area contributed by atoms with Crippen molar-refractivity contribution >= 4 is 31.9 Å². The van der Waals surface area contributed by atoms with Gasteiger partial charge in [-0.15, -0.1) is 0 Å². The van der Waals surface area contributed by atoms with E-state index in [2.05, 4.69) is 62.3 Å². The Bertz CT molecular complexity index is 510. The summed E-state index contributed by atoms with van der Waals surface area (Å²) in [7, 11) is 0. The summed E-state index contributed by atoms with van der Waals surface area (Å²) in [5.74, 6) is 0.962. The molecule has 96 valence electrons. The minimum absolute atomic E-state index is 0.204. The van der Waals surface area contributed by atoms with Gasteiger partial charge in [-0.05, 0) is 58.7 Å². The molecule has 0 aliphatic rings. The molecule has 0 saturated heterocycles. The van der Waals surface area contributed by atoms with Gasteiger partial charge in [0, 0.05) is 4.47 Å². The molecule has 18 heavy (non-hydrogen) atoms. The first-order valence-corrected chi connectivity index (χ1v) is 7.50. The van der Waals surface area contributed by atoms with Crippen molar-refractivity contribution < 1.29 is 4.42 Å². The molecule has 1 atom stereocenters. The van der Waals surface area contributed by atoms with Gasteiger partial charge < -0.3 is 9.73 Å². The van der Waals surface area contributed by atoms with Crippen molar-refractivity contribution in [1.29, 1.82) is 0 Å². The Morgan fingerprint density at radius 1 is 1.22 bits per heavy atom. The van der Waals surface area contributed by atoms with E-state index < -0.39 is 0 Å². The highest BCUT2D eigenvalue weighted by Gasteiger charge is 2.15. The maximum atomic E-state index is 5.64. The molecule has 0 aliphatic carbocycles. The largest absolute Gasteiger partial charge is 0.453 e. The van der Waals surface area contributed by atoms with Gasteiger partial charge in [-0.1, -0.05) is 35.0 Å². The van der Waals surface area contributed by atoms with Gasteiger partial charge in [0.15, 0.2) is 4.67 Å². The van der Waals surface area contributed by atoms with E-state index in [1.807, 2.05) is 18.2 Å². The number of nitrogens with one attached hydrogen (secondary N) is 1. The SMILES string of the molecule is CCNC(Cc1cccc(Br)c1)c1ccc(Br)o1. The van der Waals surface area contributed by atoms with Gasteiger partial charge in [-0.3, -0.25) is 0 Å². The number of hydrogen-bond acceptors (Lipinski definition) is 2. The van der Waals surface area contributed by atoms with E-state index >= 15 is 0 Å². The van der Waals surface area contributed by atoms with Crippen molar-refractivity contribution in [3.05, 3.63) is 56.9 Å².